The molecule has 1 saturated carbocycles. The lowest BCUT2D eigenvalue weighted by Crippen LogP contribution is -2.29. The molecule has 1 amide bonds. The predicted molar refractivity (Wildman–Crippen MR) is 128 cm³/mol. The zero-order valence-corrected chi connectivity index (χ0v) is 18.4. The molecule has 0 aliphatic heterocycles. The zero-order chi connectivity index (χ0) is 22.8. The van der Waals surface area contributed by atoms with Crippen molar-refractivity contribution < 1.29 is 4.79 Å². The minimum Gasteiger partial charge on any atom is -0.360 e. The lowest BCUT2D eigenvalue weighted by Gasteiger charge is -2.17. The summed E-state index contributed by atoms with van der Waals surface area (Å²) < 4.78 is 2.16. The highest BCUT2D eigenvalue weighted by Gasteiger charge is 2.29. The molecular formula is C25H25N7O. The van der Waals surface area contributed by atoms with Gasteiger partial charge in [-0.3, -0.25) is 14.8 Å². The Morgan fingerprint density at radius 2 is 2.27 bits per heavy atom. The molecule has 0 saturated heterocycles. The number of aromatic amines is 1. The summed E-state index contributed by atoms with van der Waals surface area (Å²) in [5, 5.41) is 11.3. The van der Waals surface area contributed by atoms with Gasteiger partial charge in [0.15, 0.2) is 0 Å². The maximum absolute atomic E-state index is 12.6. The molecule has 0 bridgehead atoms. The second kappa shape index (κ2) is 8.82. The van der Waals surface area contributed by atoms with Crippen LogP contribution in [0.2, 0.25) is 0 Å². The van der Waals surface area contributed by atoms with Crippen LogP contribution in [-0.4, -0.2) is 36.4 Å². The molecule has 2 aliphatic rings. The number of nitrogens with one attached hydrogen (secondary N) is 2. The van der Waals surface area contributed by atoms with Crippen LogP contribution >= 0.6 is 0 Å². The number of H-pyrrole nitrogens is 1. The van der Waals surface area contributed by atoms with Crippen LogP contribution in [0, 0.1) is 0 Å². The number of rotatable bonds is 7. The molecule has 2 N–H and O–H groups in total. The molecule has 1 atom stereocenters. The minimum atomic E-state index is -0.250. The molecule has 5 rings (SSSR count). The van der Waals surface area contributed by atoms with E-state index in [1.807, 2.05) is 30.5 Å². The molecule has 0 radical (unpaired) electrons. The van der Waals surface area contributed by atoms with Gasteiger partial charge in [0.25, 0.3) is 5.91 Å². The van der Waals surface area contributed by atoms with Crippen LogP contribution in [0.1, 0.15) is 49.5 Å². The molecular weight excluding hydrogens is 414 g/mol. The summed E-state index contributed by atoms with van der Waals surface area (Å²) in [5.74, 6) is 0.798. The average molecular weight is 440 g/mol. The summed E-state index contributed by atoms with van der Waals surface area (Å²) >= 11 is 0. The molecule has 33 heavy (non-hydrogen) atoms. The summed E-state index contributed by atoms with van der Waals surface area (Å²) in [4.78, 5) is 24.4. The first-order valence-electron chi connectivity index (χ1n) is 11.0. The SMILES string of the molecule is C=C(/C=C\N=C(/C)C(=O)NC1=CC(c2nncn2C2CC2)CC=C1)c1cnc2cc[nH]c2c1. The van der Waals surface area contributed by atoms with Gasteiger partial charge in [-0.15, -0.1) is 10.2 Å². The summed E-state index contributed by atoms with van der Waals surface area (Å²) in [7, 11) is 0. The van der Waals surface area contributed by atoms with E-state index in [0.717, 1.165) is 40.1 Å². The topological polar surface area (TPSA) is 101 Å². The lowest BCUT2D eigenvalue weighted by molar-refractivity contribution is -0.114. The van der Waals surface area contributed by atoms with Gasteiger partial charge in [0, 0.05) is 41.8 Å². The lowest BCUT2D eigenvalue weighted by atomic mass is 9.98. The first-order valence-corrected chi connectivity index (χ1v) is 11.0. The Bertz CT molecular complexity index is 1330. The summed E-state index contributed by atoms with van der Waals surface area (Å²) in [6, 6.07) is 4.42. The van der Waals surface area contributed by atoms with E-state index < -0.39 is 0 Å². The number of aliphatic imine (C=N–C) groups is 1. The van der Waals surface area contributed by atoms with Gasteiger partial charge in [0.1, 0.15) is 17.9 Å². The van der Waals surface area contributed by atoms with Crippen molar-refractivity contribution >= 4 is 28.2 Å². The summed E-state index contributed by atoms with van der Waals surface area (Å²) in [5.41, 5.74) is 4.60. The molecule has 2 aliphatic carbocycles. The van der Waals surface area contributed by atoms with Gasteiger partial charge in [0.2, 0.25) is 0 Å². The van der Waals surface area contributed by atoms with Gasteiger partial charge in [-0.1, -0.05) is 12.7 Å². The number of allylic oxidation sites excluding steroid dienone is 5. The second-order valence-corrected chi connectivity index (χ2v) is 8.34. The number of fused-ring (bicyclic) bond motifs is 1. The molecule has 0 spiro atoms. The number of aromatic nitrogens is 5. The van der Waals surface area contributed by atoms with E-state index in [0.29, 0.717) is 11.8 Å². The van der Waals surface area contributed by atoms with Crippen LogP contribution in [0.5, 0.6) is 0 Å². The van der Waals surface area contributed by atoms with Crippen LogP contribution < -0.4 is 5.32 Å². The van der Waals surface area contributed by atoms with E-state index in [1.165, 1.54) is 12.8 Å². The third-order valence-electron chi connectivity index (χ3n) is 5.84. The van der Waals surface area contributed by atoms with Gasteiger partial charge < -0.3 is 14.9 Å². The Hall–Kier alpha value is -4.07. The van der Waals surface area contributed by atoms with Gasteiger partial charge >= 0.3 is 0 Å². The minimum absolute atomic E-state index is 0.0967. The van der Waals surface area contributed by atoms with Crippen LogP contribution in [0.4, 0.5) is 0 Å². The van der Waals surface area contributed by atoms with Crippen molar-refractivity contribution in [2.75, 3.05) is 0 Å². The third-order valence-corrected chi connectivity index (χ3v) is 5.84. The molecule has 3 heterocycles. The number of carbonyl (C=O) groups is 1. The Kier molecular flexibility index (Phi) is 5.56. The van der Waals surface area contributed by atoms with Gasteiger partial charge in [-0.25, -0.2) is 0 Å². The number of nitrogens with zero attached hydrogens (tertiary/aromatic N) is 5. The van der Waals surface area contributed by atoms with Crippen molar-refractivity contribution in [1.29, 1.82) is 0 Å². The first kappa shape index (κ1) is 20.8. The molecule has 3 aromatic rings. The maximum atomic E-state index is 12.6. The number of carbonyl (C=O) groups excluding carboxylic acids is 1. The fourth-order valence-corrected chi connectivity index (χ4v) is 3.82. The number of pyridine rings is 1. The molecule has 166 valence electrons. The third kappa shape index (κ3) is 4.59. The van der Waals surface area contributed by atoms with Crippen molar-refractivity contribution in [3.8, 4) is 0 Å². The standard InChI is InChI=1S/C25H25N7O/c1-16(19-13-23-22(28-14-19)9-11-27-23)8-10-26-17(2)25(33)30-20-5-3-4-18(12-20)24-31-29-15-32(24)21-6-7-21/h3,5,8-15,18,21,27H,1,4,6-7H2,2H3,(H,30,33)/b10-8-,26-17+. The van der Waals surface area contributed by atoms with Crippen molar-refractivity contribution in [2.24, 2.45) is 4.99 Å². The van der Waals surface area contributed by atoms with Crippen molar-refractivity contribution in [2.45, 2.75) is 38.1 Å². The summed E-state index contributed by atoms with van der Waals surface area (Å²) in [6.07, 6.45) is 18.0. The number of hydrogen-bond donors (Lipinski definition) is 2. The smallest absolute Gasteiger partial charge is 0.269 e. The molecule has 1 unspecified atom stereocenters. The molecule has 8 nitrogen and oxygen atoms in total. The van der Waals surface area contributed by atoms with Crippen molar-refractivity contribution in [3.63, 3.8) is 0 Å². The van der Waals surface area contributed by atoms with Crippen molar-refractivity contribution in [1.82, 2.24) is 30.0 Å². The van der Waals surface area contributed by atoms with E-state index in [9.17, 15) is 4.79 Å². The quantitative estimate of drug-likeness (QED) is 0.425. The molecule has 8 heteroatoms. The molecule has 1 fully saturated rings. The van der Waals surface area contributed by atoms with E-state index >= 15 is 0 Å². The molecule has 0 aromatic carbocycles. The zero-order valence-electron chi connectivity index (χ0n) is 18.4. The maximum Gasteiger partial charge on any atom is 0.269 e. The van der Waals surface area contributed by atoms with Crippen LogP contribution in [0.15, 0.2) is 78.6 Å². The fourth-order valence-electron chi connectivity index (χ4n) is 3.82. The van der Waals surface area contributed by atoms with Crippen LogP contribution in [0.25, 0.3) is 16.6 Å². The number of amides is 1. The monoisotopic (exact) mass is 439 g/mol. The van der Waals surface area contributed by atoms with E-state index in [4.69, 9.17) is 0 Å². The highest BCUT2D eigenvalue weighted by atomic mass is 16.1. The fraction of sp³-hybridized carbons (Fsp3) is 0.240. The molecule has 3 aromatic heterocycles. The highest BCUT2D eigenvalue weighted by molar-refractivity contribution is 6.38. The average Bonchev–Trinajstić information content (AvgIpc) is 3.35. The van der Waals surface area contributed by atoms with Crippen LogP contribution in [-0.2, 0) is 4.79 Å². The van der Waals surface area contributed by atoms with Gasteiger partial charge in [0.05, 0.1) is 11.0 Å². The van der Waals surface area contributed by atoms with Crippen molar-refractivity contribution in [3.05, 3.63) is 85.0 Å². The van der Waals surface area contributed by atoms with Gasteiger partial charge in [-0.2, -0.15) is 0 Å². The predicted octanol–water partition coefficient (Wildman–Crippen LogP) is 4.22. The first-order chi connectivity index (χ1) is 16.1. The van der Waals surface area contributed by atoms with Gasteiger partial charge in [-0.05, 0) is 62.1 Å². The highest BCUT2D eigenvalue weighted by Crippen LogP contribution is 2.38. The Labute approximate surface area is 191 Å². The number of hydrogen-bond acceptors (Lipinski definition) is 5. The van der Waals surface area contributed by atoms with Crippen LogP contribution in [0.3, 0.4) is 0 Å². The normalized spacial score (nSPS) is 18.6. The Balaban J connectivity index is 1.22. The van der Waals surface area contributed by atoms with E-state index in [2.05, 4.69) is 47.7 Å². The van der Waals surface area contributed by atoms with E-state index in [1.54, 1.807) is 31.7 Å². The largest absolute Gasteiger partial charge is 0.360 e. The van der Waals surface area contributed by atoms with E-state index in [-0.39, 0.29) is 11.8 Å². The Morgan fingerprint density at radius 3 is 3.12 bits per heavy atom. The summed E-state index contributed by atoms with van der Waals surface area (Å²) in [6.45, 7) is 5.75. The Morgan fingerprint density at radius 1 is 1.39 bits per heavy atom. The second-order valence-electron chi connectivity index (χ2n) is 8.34.